The van der Waals surface area contributed by atoms with Gasteiger partial charge in [-0.15, -0.1) is 11.3 Å². The van der Waals surface area contributed by atoms with E-state index in [4.69, 9.17) is 0 Å². The Bertz CT molecular complexity index is 434. The third kappa shape index (κ3) is 4.82. The molecule has 0 spiro atoms. The fourth-order valence-corrected chi connectivity index (χ4v) is 4.33. The number of hydrogen-bond donors (Lipinski definition) is 1. The average Bonchev–Trinajstić information content (AvgIpc) is 2.87. The molecule has 2 heterocycles. The summed E-state index contributed by atoms with van der Waals surface area (Å²) in [6.45, 7) is 11.5. The molecule has 2 rings (SSSR count). The lowest BCUT2D eigenvalue weighted by molar-refractivity contribution is -0.123. The average molecular weight is 308 g/mol. The topological polar surface area (TPSA) is 32.3 Å². The Kier molecular flexibility index (Phi) is 5.82. The molecule has 0 aliphatic carbocycles. The highest BCUT2D eigenvalue weighted by atomic mass is 32.1. The van der Waals surface area contributed by atoms with Gasteiger partial charge in [-0.05, 0) is 35.6 Å². The van der Waals surface area contributed by atoms with Gasteiger partial charge in [0.1, 0.15) is 0 Å². The van der Waals surface area contributed by atoms with E-state index in [0.717, 1.165) is 13.1 Å². The number of nitrogens with zero attached hydrogens (tertiary/aromatic N) is 1. The monoisotopic (exact) mass is 308 g/mol. The smallest absolute Gasteiger partial charge is 0.234 e. The van der Waals surface area contributed by atoms with Gasteiger partial charge in [0.15, 0.2) is 0 Å². The molecular formula is C17H28N2OS. The molecular weight excluding hydrogens is 280 g/mol. The summed E-state index contributed by atoms with van der Waals surface area (Å²) in [5.41, 5.74) is 0. The number of piperidine rings is 1. The summed E-state index contributed by atoms with van der Waals surface area (Å²) in [5.74, 6) is 1.95. The molecule has 4 heteroatoms. The predicted molar refractivity (Wildman–Crippen MR) is 89.4 cm³/mol. The van der Waals surface area contributed by atoms with Gasteiger partial charge in [-0.25, -0.2) is 0 Å². The lowest BCUT2D eigenvalue weighted by atomic mass is 9.92. The summed E-state index contributed by atoms with van der Waals surface area (Å²) in [5, 5.41) is 5.30. The second kappa shape index (κ2) is 7.41. The van der Waals surface area contributed by atoms with Gasteiger partial charge in [0.2, 0.25) is 5.91 Å². The van der Waals surface area contributed by atoms with Crippen LogP contribution in [0.3, 0.4) is 0 Å². The number of thiophene rings is 1. The Morgan fingerprint density at radius 1 is 1.38 bits per heavy atom. The Hall–Kier alpha value is -0.870. The van der Waals surface area contributed by atoms with Crippen molar-refractivity contribution in [3.8, 4) is 0 Å². The molecule has 1 amide bonds. The molecule has 0 saturated carbocycles. The highest BCUT2D eigenvalue weighted by Crippen LogP contribution is 2.26. The summed E-state index contributed by atoms with van der Waals surface area (Å²) in [6.07, 6.45) is 1.28. The number of likely N-dealkylation sites (tertiary alicyclic amines) is 1. The normalized spacial score (nSPS) is 25.0. The molecule has 1 N–H and O–H groups in total. The van der Waals surface area contributed by atoms with Crippen molar-refractivity contribution in [1.29, 1.82) is 0 Å². The van der Waals surface area contributed by atoms with Crippen LogP contribution in [-0.2, 0) is 4.79 Å². The van der Waals surface area contributed by atoms with E-state index in [1.165, 1.54) is 11.3 Å². The number of rotatable bonds is 5. The first-order chi connectivity index (χ1) is 9.95. The van der Waals surface area contributed by atoms with Crippen LogP contribution in [0.15, 0.2) is 17.5 Å². The Morgan fingerprint density at radius 3 is 2.57 bits per heavy atom. The van der Waals surface area contributed by atoms with Crippen LogP contribution in [0, 0.1) is 17.8 Å². The summed E-state index contributed by atoms with van der Waals surface area (Å²) in [4.78, 5) is 15.9. The highest BCUT2D eigenvalue weighted by molar-refractivity contribution is 7.10. The van der Waals surface area contributed by atoms with Gasteiger partial charge in [0, 0.05) is 18.0 Å². The van der Waals surface area contributed by atoms with E-state index in [2.05, 4.69) is 55.4 Å². The van der Waals surface area contributed by atoms with Crippen LogP contribution in [0.4, 0.5) is 0 Å². The maximum absolute atomic E-state index is 12.4. The predicted octanol–water partition coefficient (Wildman–Crippen LogP) is 3.54. The van der Waals surface area contributed by atoms with Crippen LogP contribution in [0.25, 0.3) is 0 Å². The maximum Gasteiger partial charge on any atom is 0.234 e. The van der Waals surface area contributed by atoms with E-state index in [1.807, 2.05) is 0 Å². The number of nitrogens with one attached hydrogen (secondary N) is 1. The molecule has 0 unspecified atom stereocenters. The zero-order valence-corrected chi connectivity index (χ0v) is 14.5. The van der Waals surface area contributed by atoms with Crippen LogP contribution < -0.4 is 5.32 Å². The first kappa shape index (κ1) is 16.5. The van der Waals surface area contributed by atoms with Crippen molar-refractivity contribution in [1.82, 2.24) is 10.2 Å². The number of hydrogen-bond acceptors (Lipinski definition) is 3. The molecule has 0 radical (unpaired) electrons. The quantitative estimate of drug-likeness (QED) is 0.902. The second-order valence-corrected chi connectivity index (χ2v) is 7.92. The molecule has 1 aliphatic heterocycles. The van der Waals surface area contributed by atoms with Crippen molar-refractivity contribution in [3.63, 3.8) is 0 Å². The molecule has 1 aliphatic rings. The van der Waals surface area contributed by atoms with Gasteiger partial charge in [0.05, 0.1) is 12.6 Å². The van der Waals surface area contributed by atoms with E-state index < -0.39 is 0 Å². The SMILES string of the molecule is CC(C)[C@H](NC(=O)CN1C[C@H](C)C[C@@H](C)C1)c1cccs1. The van der Waals surface area contributed by atoms with E-state index in [9.17, 15) is 4.79 Å². The van der Waals surface area contributed by atoms with Crippen molar-refractivity contribution in [2.45, 2.75) is 40.2 Å². The van der Waals surface area contributed by atoms with Crippen LogP contribution in [-0.4, -0.2) is 30.4 Å². The molecule has 0 aromatic carbocycles. The number of carbonyl (C=O) groups excluding carboxylic acids is 1. The number of carbonyl (C=O) groups is 1. The Labute approximate surface area is 132 Å². The molecule has 1 aromatic rings. The fraction of sp³-hybridized carbons (Fsp3) is 0.706. The van der Waals surface area contributed by atoms with Gasteiger partial charge in [-0.3, -0.25) is 9.69 Å². The maximum atomic E-state index is 12.4. The van der Waals surface area contributed by atoms with Crippen LogP contribution in [0.1, 0.15) is 45.0 Å². The second-order valence-electron chi connectivity index (χ2n) is 6.94. The van der Waals surface area contributed by atoms with E-state index in [1.54, 1.807) is 11.3 Å². The number of amides is 1. The molecule has 118 valence electrons. The molecule has 3 nitrogen and oxygen atoms in total. The minimum atomic E-state index is 0.136. The van der Waals surface area contributed by atoms with Crippen LogP contribution in [0.5, 0.6) is 0 Å². The van der Waals surface area contributed by atoms with Crippen molar-refractivity contribution in [2.75, 3.05) is 19.6 Å². The van der Waals surface area contributed by atoms with Crippen LogP contribution >= 0.6 is 11.3 Å². The molecule has 3 atom stereocenters. The summed E-state index contributed by atoms with van der Waals surface area (Å²) in [7, 11) is 0. The molecule has 21 heavy (non-hydrogen) atoms. The van der Waals surface area contributed by atoms with Crippen molar-refractivity contribution < 1.29 is 4.79 Å². The van der Waals surface area contributed by atoms with Gasteiger partial charge in [-0.1, -0.05) is 33.8 Å². The lowest BCUT2D eigenvalue weighted by Gasteiger charge is -2.34. The van der Waals surface area contributed by atoms with E-state index in [-0.39, 0.29) is 11.9 Å². The summed E-state index contributed by atoms with van der Waals surface area (Å²) >= 11 is 1.72. The van der Waals surface area contributed by atoms with Crippen LogP contribution in [0.2, 0.25) is 0 Å². The standard InChI is InChI=1S/C17H28N2OS/c1-12(2)17(15-6-5-7-21-15)18-16(20)11-19-9-13(3)8-14(4)10-19/h5-7,12-14,17H,8-11H2,1-4H3,(H,18,20)/t13-,14-,17+/m1/s1. The minimum Gasteiger partial charge on any atom is -0.347 e. The van der Waals surface area contributed by atoms with Crippen molar-refractivity contribution >= 4 is 17.2 Å². The minimum absolute atomic E-state index is 0.136. The van der Waals surface area contributed by atoms with Crippen molar-refractivity contribution in [3.05, 3.63) is 22.4 Å². The third-order valence-corrected chi connectivity index (χ3v) is 5.10. The first-order valence-corrected chi connectivity index (χ1v) is 8.88. The zero-order valence-electron chi connectivity index (χ0n) is 13.6. The highest BCUT2D eigenvalue weighted by Gasteiger charge is 2.25. The van der Waals surface area contributed by atoms with Gasteiger partial charge >= 0.3 is 0 Å². The van der Waals surface area contributed by atoms with Gasteiger partial charge in [-0.2, -0.15) is 0 Å². The molecule has 0 bridgehead atoms. The van der Waals surface area contributed by atoms with Gasteiger partial charge in [0.25, 0.3) is 0 Å². The zero-order chi connectivity index (χ0) is 15.4. The van der Waals surface area contributed by atoms with E-state index >= 15 is 0 Å². The lowest BCUT2D eigenvalue weighted by Crippen LogP contribution is -2.45. The Morgan fingerprint density at radius 2 is 2.05 bits per heavy atom. The summed E-state index contributed by atoms with van der Waals surface area (Å²) < 4.78 is 0. The Balaban J connectivity index is 1.91. The molecule has 1 saturated heterocycles. The van der Waals surface area contributed by atoms with E-state index in [0.29, 0.717) is 24.3 Å². The van der Waals surface area contributed by atoms with Gasteiger partial charge < -0.3 is 5.32 Å². The molecule has 1 fully saturated rings. The third-order valence-electron chi connectivity index (χ3n) is 4.14. The first-order valence-electron chi connectivity index (χ1n) is 8.00. The molecule has 1 aromatic heterocycles. The van der Waals surface area contributed by atoms with Crippen molar-refractivity contribution in [2.24, 2.45) is 17.8 Å². The largest absolute Gasteiger partial charge is 0.347 e. The fourth-order valence-electron chi connectivity index (χ4n) is 3.38. The summed E-state index contributed by atoms with van der Waals surface area (Å²) in [6, 6.07) is 4.30.